The second-order valence-corrected chi connectivity index (χ2v) is 5.86. The van der Waals surface area contributed by atoms with Crippen LogP contribution in [-0.2, 0) is 14.4 Å². The first kappa shape index (κ1) is 19.3. The second kappa shape index (κ2) is 8.79. The number of hydroxylamine groups is 1. The highest BCUT2D eigenvalue weighted by atomic mass is 16.7. The number of nitrogens with one attached hydrogen (secondary N) is 2. The molecule has 0 bridgehead atoms. The van der Waals surface area contributed by atoms with Crippen LogP contribution < -0.4 is 10.8 Å². The highest BCUT2D eigenvalue weighted by Crippen LogP contribution is 2.30. The topological polar surface area (TPSA) is 66.1 Å². The van der Waals surface area contributed by atoms with Gasteiger partial charge in [0.15, 0.2) is 5.66 Å². The van der Waals surface area contributed by atoms with E-state index in [0.717, 1.165) is 19.4 Å². The van der Waals surface area contributed by atoms with Gasteiger partial charge in [-0.1, -0.05) is 6.92 Å². The summed E-state index contributed by atoms with van der Waals surface area (Å²) in [4.78, 5) is 22.1. The fourth-order valence-corrected chi connectivity index (χ4v) is 3.01. The minimum atomic E-state index is -0.827. The lowest BCUT2D eigenvalue weighted by atomic mass is 10.1. The molecule has 2 N–H and O–H groups in total. The van der Waals surface area contributed by atoms with Gasteiger partial charge in [0.05, 0.1) is 6.17 Å². The number of ether oxygens (including phenoxy) is 1. The molecule has 1 aliphatic heterocycles. The molecule has 0 spiro atoms. The maximum absolute atomic E-state index is 12.7. The molecule has 3 atom stereocenters. The van der Waals surface area contributed by atoms with Gasteiger partial charge in [-0.3, -0.25) is 15.1 Å². The van der Waals surface area contributed by atoms with Crippen LogP contribution in [0.5, 0.6) is 0 Å². The number of nitrogens with zero attached hydrogens (tertiary/aromatic N) is 2. The zero-order valence-electron chi connectivity index (χ0n) is 14.8. The predicted octanol–water partition coefficient (Wildman–Crippen LogP) is 0.726. The largest absolute Gasteiger partial charge is 0.366 e. The Hall–Kier alpha value is -0.730. The summed E-state index contributed by atoms with van der Waals surface area (Å²) in [6.45, 7) is 7.39. The monoisotopic (exact) mass is 316 g/mol. The van der Waals surface area contributed by atoms with Crippen molar-refractivity contribution < 1.29 is 14.4 Å². The smallest absolute Gasteiger partial charge is 0.360 e. The molecule has 1 saturated heterocycles. The molecule has 0 amide bonds. The van der Waals surface area contributed by atoms with Gasteiger partial charge >= 0.3 is 5.97 Å². The van der Waals surface area contributed by atoms with E-state index < -0.39 is 5.66 Å². The quantitative estimate of drug-likeness (QED) is 0.480. The standard InChI is InChI=1S/C15H32N4O3/c1-7-13(18(5)6)17-22-14(20)15(16-4)10-9-11-19(15)12(3)21-8-2/h12-13,16-17H,7-11H2,1-6H3. The Morgan fingerprint density at radius 1 is 1.41 bits per heavy atom. The molecule has 0 aliphatic carbocycles. The molecule has 1 aliphatic rings. The van der Waals surface area contributed by atoms with E-state index >= 15 is 0 Å². The van der Waals surface area contributed by atoms with Crippen molar-refractivity contribution in [2.24, 2.45) is 0 Å². The maximum Gasteiger partial charge on any atom is 0.360 e. The molecular weight excluding hydrogens is 284 g/mol. The summed E-state index contributed by atoms with van der Waals surface area (Å²) in [5.41, 5.74) is 2.04. The number of carbonyl (C=O) groups is 1. The van der Waals surface area contributed by atoms with E-state index in [9.17, 15) is 4.79 Å². The van der Waals surface area contributed by atoms with Gasteiger partial charge in [0.25, 0.3) is 0 Å². The van der Waals surface area contributed by atoms with Crippen LogP contribution in [0.25, 0.3) is 0 Å². The van der Waals surface area contributed by atoms with Crippen LogP contribution in [0.15, 0.2) is 0 Å². The molecule has 0 aromatic heterocycles. The molecule has 1 heterocycles. The van der Waals surface area contributed by atoms with Crippen LogP contribution in [0, 0.1) is 0 Å². The summed E-state index contributed by atoms with van der Waals surface area (Å²) in [6.07, 6.45) is 2.34. The average Bonchev–Trinajstić information content (AvgIpc) is 2.92. The molecule has 0 aromatic rings. The molecule has 1 rings (SSSR count). The van der Waals surface area contributed by atoms with Crippen LogP contribution in [0.3, 0.4) is 0 Å². The van der Waals surface area contributed by atoms with Crippen molar-refractivity contribution in [1.82, 2.24) is 20.6 Å². The van der Waals surface area contributed by atoms with Crippen LogP contribution in [0.1, 0.15) is 40.0 Å². The van der Waals surface area contributed by atoms with Crippen molar-refractivity contribution >= 4 is 5.97 Å². The first-order valence-electron chi connectivity index (χ1n) is 8.13. The van der Waals surface area contributed by atoms with E-state index in [1.54, 1.807) is 7.05 Å². The van der Waals surface area contributed by atoms with E-state index in [4.69, 9.17) is 9.57 Å². The summed E-state index contributed by atoms with van der Waals surface area (Å²) in [5.74, 6) is -0.306. The molecule has 7 heteroatoms. The third-order valence-electron chi connectivity index (χ3n) is 4.32. The van der Waals surface area contributed by atoms with Crippen molar-refractivity contribution in [3.8, 4) is 0 Å². The highest BCUT2D eigenvalue weighted by Gasteiger charge is 2.50. The molecule has 3 unspecified atom stereocenters. The molecule has 1 fully saturated rings. The third-order valence-corrected chi connectivity index (χ3v) is 4.32. The summed E-state index contributed by atoms with van der Waals surface area (Å²) >= 11 is 0. The van der Waals surface area contributed by atoms with Crippen molar-refractivity contribution in [2.75, 3.05) is 34.3 Å². The lowest BCUT2D eigenvalue weighted by Gasteiger charge is -2.39. The van der Waals surface area contributed by atoms with E-state index in [2.05, 4.69) is 10.8 Å². The van der Waals surface area contributed by atoms with Crippen molar-refractivity contribution in [1.29, 1.82) is 0 Å². The summed E-state index contributed by atoms with van der Waals surface area (Å²) in [5, 5.41) is 3.16. The number of likely N-dealkylation sites (tertiary alicyclic amines) is 1. The lowest BCUT2D eigenvalue weighted by molar-refractivity contribution is -0.180. The highest BCUT2D eigenvalue weighted by molar-refractivity contribution is 5.80. The maximum atomic E-state index is 12.7. The minimum Gasteiger partial charge on any atom is -0.366 e. The van der Waals surface area contributed by atoms with E-state index in [-0.39, 0.29) is 18.4 Å². The van der Waals surface area contributed by atoms with Gasteiger partial charge in [-0.05, 0) is 54.3 Å². The molecule has 0 saturated carbocycles. The Balaban J connectivity index is 2.76. The molecular formula is C15H32N4O3. The number of carbonyl (C=O) groups excluding carboxylic acids is 1. The van der Waals surface area contributed by atoms with E-state index in [1.165, 1.54) is 0 Å². The fourth-order valence-electron chi connectivity index (χ4n) is 3.01. The summed E-state index contributed by atoms with van der Waals surface area (Å²) in [6, 6.07) is 0. The van der Waals surface area contributed by atoms with E-state index in [0.29, 0.717) is 13.0 Å². The van der Waals surface area contributed by atoms with Crippen molar-refractivity contribution in [3.63, 3.8) is 0 Å². The van der Waals surface area contributed by atoms with Gasteiger partial charge in [-0.15, -0.1) is 5.48 Å². The first-order chi connectivity index (χ1) is 10.4. The Labute approximate surface area is 134 Å². The zero-order valence-corrected chi connectivity index (χ0v) is 14.8. The Morgan fingerprint density at radius 2 is 2.09 bits per heavy atom. The first-order valence-corrected chi connectivity index (χ1v) is 8.13. The lowest BCUT2D eigenvalue weighted by Crippen LogP contribution is -2.64. The van der Waals surface area contributed by atoms with Crippen LogP contribution in [0.4, 0.5) is 0 Å². The van der Waals surface area contributed by atoms with Gasteiger partial charge < -0.3 is 9.57 Å². The number of rotatable bonds is 9. The van der Waals surface area contributed by atoms with Gasteiger partial charge in [0, 0.05) is 13.2 Å². The molecule has 0 aromatic carbocycles. The van der Waals surface area contributed by atoms with Gasteiger partial charge in [0.2, 0.25) is 0 Å². The van der Waals surface area contributed by atoms with Gasteiger partial charge in [-0.25, -0.2) is 4.79 Å². The van der Waals surface area contributed by atoms with Crippen molar-refractivity contribution in [3.05, 3.63) is 0 Å². The Bertz CT molecular complexity index is 354. The normalized spacial score (nSPS) is 25.4. The van der Waals surface area contributed by atoms with Crippen molar-refractivity contribution in [2.45, 2.75) is 58.1 Å². The summed E-state index contributed by atoms with van der Waals surface area (Å²) in [7, 11) is 5.69. The fraction of sp³-hybridized carbons (Fsp3) is 0.933. The zero-order chi connectivity index (χ0) is 16.8. The number of hydrogen-bond donors (Lipinski definition) is 2. The third kappa shape index (κ3) is 4.17. The average molecular weight is 316 g/mol. The minimum absolute atomic E-state index is 0.00276. The molecule has 130 valence electrons. The molecule has 7 nitrogen and oxygen atoms in total. The van der Waals surface area contributed by atoms with E-state index in [1.807, 2.05) is 44.7 Å². The van der Waals surface area contributed by atoms with Gasteiger partial charge in [-0.2, -0.15) is 0 Å². The second-order valence-electron chi connectivity index (χ2n) is 5.86. The summed E-state index contributed by atoms with van der Waals surface area (Å²) < 4.78 is 5.67. The number of hydrogen-bond acceptors (Lipinski definition) is 7. The number of likely N-dealkylation sites (N-methyl/N-ethyl adjacent to an activating group) is 1. The Morgan fingerprint density at radius 3 is 2.59 bits per heavy atom. The Kier molecular flexibility index (Phi) is 7.71. The van der Waals surface area contributed by atoms with Crippen LogP contribution in [-0.4, -0.2) is 68.1 Å². The van der Waals surface area contributed by atoms with Gasteiger partial charge in [0.1, 0.15) is 6.23 Å². The predicted molar refractivity (Wildman–Crippen MR) is 85.8 cm³/mol. The SMILES string of the molecule is CCOC(C)N1CCCC1(NC)C(=O)ONC(CC)N(C)C. The van der Waals surface area contributed by atoms with Crippen LogP contribution >= 0.6 is 0 Å². The molecule has 0 radical (unpaired) electrons. The molecule has 22 heavy (non-hydrogen) atoms. The van der Waals surface area contributed by atoms with Crippen LogP contribution in [0.2, 0.25) is 0 Å².